The molecule has 3 aliphatic rings. The maximum absolute atomic E-state index is 14.4. The minimum Gasteiger partial charge on any atom is -0.657 e. The third-order valence-electron chi connectivity index (χ3n) is 10.00. The van der Waals surface area contributed by atoms with Gasteiger partial charge in [0.1, 0.15) is 17.2 Å². The fourth-order valence-electron chi connectivity index (χ4n) is 7.49. The Bertz CT molecular complexity index is 1930. The molecule has 5 rings (SSSR count). The van der Waals surface area contributed by atoms with Gasteiger partial charge < -0.3 is 14.7 Å². The number of allylic oxidation sites excluding steroid dienone is 4. The van der Waals surface area contributed by atoms with Crippen LogP contribution in [0.1, 0.15) is 144 Å². The number of rotatable bonds is 9. The topological polar surface area (TPSA) is 97.3 Å². The molecule has 49 heavy (non-hydrogen) atoms. The van der Waals surface area contributed by atoms with E-state index in [0.717, 1.165) is 51.0 Å². The molecule has 0 aromatic carbocycles. The van der Waals surface area contributed by atoms with Gasteiger partial charge in [0.25, 0.3) is 0 Å². The number of halogens is 3. The number of carbonyl (C=O) groups is 2. The number of aryl methyl sites for hydroxylation is 2. The standard InChI is InChI=1S/C38H44F3N4O3.Ni/c1-9-20-21(10-2)28-18-30-24(13-5)25(14-6)32(44-30)33(48-36(47)38(39,40)41)34-37(15-7,16-8)35(46)31(45-34)19-29-23(12-4)22(11-3)27(43-29)17-26(20)42-28;/h17-19H,9-16H2,1-8H3,(H-,42,43,44,45,46);/q-1;+2/p-1. The number of ether oxygens (including phenoxy) is 1. The van der Waals surface area contributed by atoms with Crippen molar-refractivity contribution in [3.63, 3.8) is 0 Å². The van der Waals surface area contributed by atoms with Crippen LogP contribution < -0.4 is 14.7 Å². The predicted octanol–water partition coefficient (Wildman–Crippen LogP) is 9.29. The van der Waals surface area contributed by atoms with Gasteiger partial charge >= 0.3 is 28.6 Å². The monoisotopic (exact) mass is 718 g/mol. The SMILES string of the molecule is CCC1=C(CC)c2cc3[n-]c(cc4nc(c(OC(=O)C(F)(F)F)c5[n-]c(cc1n2)C(=O)C5(CC)CC)C(CC)=C4CC)c(CC)c3CC.[Ni+2]. The Morgan fingerprint density at radius 1 is 0.714 bits per heavy atom. The smallest absolute Gasteiger partial charge is 0.657 e. The summed E-state index contributed by atoms with van der Waals surface area (Å²) in [7, 11) is 0. The van der Waals surface area contributed by atoms with Gasteiger partial charge in [0, 0.05) is 5.41 Å². The number of fused-ring (bicyclic) bond motifs is 8. The van der Waals surface area contributed by atoms with E-state index in [1.54, 1.807) is 19.9 Å². The Labute approximate surface area is 295 Å². The largest absolute Gasteiger partial charge is 2.00 e. The van der Waals surface area contributed by atoms with Crippen molar-refractivity contribution in [2.75, 3.05) is 0 Å². The number of nitrogens with zero attached hydrogens (tertiary/aromatic N) is 4. The van der Waals surface area contributed by atoms with E-state index < -0.39 is 23.3 Å². The number of ketones is 1. The quantitative estimate of drug-likeness (QED) is 0.188. The number of hydrogen-bond donors (Lipinski definition) is 0. The second kappa shape index (κ2) is 14.6. The van der Waals surface area contributed by atoms with Crippen LogP contribution in [0.3, 0.4) is 0 Å². The van der Waals surface area contributed by atoms with Gasteiger partial charge in [-0.25, -0.2) is 14.8 Å². The molecule has 8 bridgehead atoms. The molecule has 0 unspecified atom stereocenters. The van der Waals surface area contributed by atoms with Crippen LogP contribution in [-0.2, 0) is 39.5 Å². The van der Waals surface area contributed by atoms with Gasteiger partial charge in [-0.3, -0.25) is 4.79 Å². The van der Waals surface area contributed by atoms with Crippen LogP contribution in [0.2, 0.25) is 0 Å². The normalized spacial score (nSPS) is 15.0. The maximum atomic E-state index is 14.4. The van der Waals surface area contributed by atoms with Crippen LogP contribution in [0.4, 0.5) is 13.2 Å². The zero-order valence-electron chi connectivity index (χ0n) is 29.4. The molecule has 0 amide bonds. The van der Waals surface area contributed by atoms with Crippen molar-refractivity contribution in [1.82, 2.24) is 19.9 Å². The molecule has 11 heteroatoms. The van der Waals surface area contributed by atoms with Crippen LogP contribution >= 0.6 is 0 Å². The van der Waals surface area contributed by atoms with Gasteiger partial charge in [-0.1, -0.05) is 90.0 Å². The molecular formula is C38H43F3N4NiO3. The van der Waals surface area contributed by atoms with Gasteiger partial charge in [0.15, 0.2) is 0 Å². The second-order valence-electron chi connectivity index (χ2n) is 12.2. The summed E-state index contributed by atoms with van der Waals surface area (Å²) in [6.45, 7) is 15.7. The van der Waals surface area contributed by atoms with Crippen molar-refractivity contribution in [1.29, 1.82) is 0 Å². The summed E-state index contributed by atoms with van der Waals surface area (Å²) in [4.78, 5) is 46.7. The Morgan fingerprint density at radius 3 is 1.63 bits per heavy atom. The second-order valence-corrected chi connectivity index (χ2v) is 12.2. The Morgan fingerprint density at radius 2 is 1.18 bits per heavy atom. The minimum absolute atomic E-state index is 0. The van der Waals surface area contributed by atoms with Crippen molar-refractivity contribution in [2.45, 2.75) is 118 Å². The molecule has 3 aliphatic heterocycles. The van der Waals surface area contributed by atoms with Crippen molar-refractivity contribution >= 4 is 45.1 Å². The summed E-state index contributed by atoms with van der Waals surface area (Å²) >= 11 is 0. The van der Waals surface area contributed by atoms with Crippen LogP contribution in [0.25, 0.3) is 33.3 Å². The molecule has 0 saturated carbocycles. The first-order chi connectivity index (χ1) is 22.9. The molecular weight excluding hydrogens is 676 g/mol. The molecule has 2 aromatic rings. The first-order valence-corrected chi connectivity index (χ1v) is 17.1. The molecule has 0 fully saturated rings. The fourth-order valence-corrected chi connectivity index (χ4v) is 7.49. The Kier molecular flexibility index (Phi) is 11.4. The number of aromatic nitrogens is 4. The van der Waals surface area contributed by atoms with Crippen LogP contribution in [-0.4, -0.2) is 27.9 Å². The molecule has 0 atom stereocenters. The summed E-state index contributed by atoms with van der Waals surface area (Å²) in [5, 5.41) is 0. The first-order valence-electron chi connectivity index (χ1n) is 17.1. The zero-order chi connectivity index (χ0) is 35.1. The van der Waals surface area contributed by atoms with E-state index in [9.17, 15) is 22.8 Å². The summed E-state index contributed by atoms with van der Waals surface area (Å²) in [6, 6.07) is 5.55. The van der Waals surface area contributed by atoms with Crippen LogP contribution in [0.15, 0.2) is 18.2 Å². The predicted molar refractivity (Wildman–Crippen MR) is 182 cm³/mol. The van der Waals surface area contributed by atoms with Crippen molar-refractivity contribution in [3.05, 3.63) is 63.5 Å². The molecule has 5 heterocycles. The average Bonchev–Trinajstić information content (AvgIpc) is 3.77. The number of carbonyl (C=O) groups excluding carboxylic acids is 2. The average molecular weight is 719 g/mol. The molecule has 0 saturated heterocycles. The van der Waals surface area contributed by atoms with Gasteiger partial charge in [-0.05, 0) is 79.7 Å². The Hall–Kier alpha value is -3.72. The maximum Gasteiger partial charge on any atom is 2.00 e. The van der Waals surface area contributed by atoms with Crippen molar-refractivity contribution in [3.8, 4) is 5.75 Å². The summed E-state index contributed by atoms with van der Waals surface area (Å²) in [6.07, 6.45) is -1.11. The third-order valence-corrected chi connectivity index (χ3v) is 10.00. The van der Waals surface area contributed by atoms with Gasteiger partial charge in [-0.2, -0.15) is 13.2 Å². The summed E-state index contributed by atoms with van der Waals surface area (Å²) in [5.41, 5.74) is 7.86. The van der Waals surface area contributed by atoms with Crippen molar-refractivity contribution < 1.29 is 44.0 Å². The molecule has 264 valence electrons. The molecule has 0 radical (unpaired) electrons. The number of alkyl halides is 3. The van der Waals surface area contributed by atoms with Crippen LogP contribution in [0.5, 0.6) is 5.75 Å². The van der Waals surface area contributed by atoms with Gasteiger partial charge in [-0.15, -0.1) is 11.0 Å². The number of esters is 1. The molecule has 0 N–H and O–H groups in total. The van der Waals surface area contributed by atoms with E-state index >= 15 is 0 Å². The number of hydrogen-bond acceptors (Lipinski definition) is 5. The molecule has 7 nitrogen and oxygen atoms in total. The van der Waals surface area contributed by atoms with Crippen LogP contribution in [0, 0.1) is 0 Å². The summed E-state index contributed by atoms with van der Waals surface area (Å²) < 4.78 is 46.9. The zero-order valence-corrected chi connectivity index (χ0v) is 30.3. The molecule has 0 spiro atoms. The van der Waals surface area contributed by atoms with E-state index in [4.69, 9.17) is 24.7 Å². The van der Waals surface area contributed by atoms with E-state index in [1.165, 1.54) is 0 Å². The van der Waals surface area contributed by atoms with E-state index in [2.05, 4.69) is 20.8 Å². The van der Waals surface area contributed by atoms with Gasteiger partial charge in [0.2, 0.25) is 0 Å². The third kappa shape index (κ3) is 6.28. The Balaban J connectivity index is 0.00000541. The van der Waals surface area contributed by atoms with Crippen molar-refractivity contribution in [2.24, 2.45) is 0 Å². The van der Waals surface area contributed by atoms with Gasteiger partial charge in [0.05, 0.1) is 17.1 Å². The minimum atomic E-state index is -5.28. The first kappa shape index (κ1) is 38.1. The fraction of sp³-hybridized carbons (Fsp3) is 0.474. The molecule has 0 aliphatic carbocycles. The van der Waals surface area contributed by atoms with E-state index in [1.807, 2.05) is 32.9 Å². The van der Waals surface area contributed by atoms with E-state index in [-0.39, 0.29) is 52.2 Å². The molecule has 2 aromatic heterocycles. The van der Waals surface area contributed by atoms with E-state index in [0.29, 0.717) is 49.1 Å². The summed E-state index contributed by atoms with van der Waals surface area (Å²) in [5.74, 6) is -3.17. The number of Topliss-reactive ketones (excluding diaryl/α,β-unsaturated/α-hetero) is 1.